The van der Waals surface area contributed by atoms with Crippen LogP contribution in [0, 0.1) is 5.41 Å². The van der Waals surface area contributed by atoms with E-state index in [2.05, 4.69) is 0 Å². The Morgan fingerprint density at radius 1 is 1.33 bits per heavy atom. The summed E-state index contributed by atoms with van der Waals surface area (Å²) in [5.74, 6) is 0.465. The molecule has 0 aliphatic carbocycles. The largest absolute Gasteiger partial charge is 0.395 e. The van der Waals surface area contributed by atoms with Crippen LogP contribution in [0.1, 0.15) is 6.92 Å². The fraction of sp³-hybridized carbons (Fsp3) is 1.00. The number of hydrogen-bond acceptors (Lipinski definition) is 1. The molecule has 1 rings (SSSR count). The van der Waals surface area contributed by atoms with Crippen LogP contribution in [0.4, 0.5) is 13.2 Å². The summed E-state index contributed by atoms with van der Waals surface area (Å²) < 4.78 is 35.6. The number of thioether (sulfide) groups is 1. The summed E-state index contributed by atoms with van der Waals surface area (Å²) >= 11 is 1.35. The Kier molecular flexibility index (Phi) is 1.46. The molecule has 4 heteroatoms. The Morgan fingerprint density at radius 2 is 1.78 bits per heavy atom. The van der Waals surface area contributed by atoms with E-state index < -0.39 is 11.6 Å². The molecule has 0 unspecified atom stereocenters. The Bertz CT molecular complexity index is 114. The third-order valence-corrected chi connectivity index (χ3v) is 3.21. The second-order valence-corrected chi connectivity index (χ2v) is 3.54. The average molecular weight is 156 g/mol. The van der Waals surface area contributed by atoms with Gasteiger partial charge < -0.3 is 0 Å². The second kappa shape index (κ2) is 1.81. The van der Waals surface area contributed by atoms with Gasteiger partial charge >= 0.3 is 6.18 Å². The van der Waals surface area contributed by atoms with Crippen molar-refractivity contribution in [1.29, 1.82) is 0 Å². The molecule has 0 aromatic heterocycles. The van der Waals surface area contributed by atoms with Gasteiger partial charge in [0, 0.05) is 11.5 Å². The zero-order valence-corrected chi connectivity index (χ0v) is 5.77. The van der Waals surface area contributed by atoms with Crippen molar-refractivity contribution in [2.75, 3.05) is 11.5 Å². The molecule has 0 bridgehead atoms. The van der Waals surface area contributed by atoms with E-state index in [-0.39, 0.29) is 11.5 Å². The minimum absolute atomic E-state index is 0.233. The van der Waals surface area contributed by atoms with Crippen LogP contribution >= 0.6 is 11.8 Å². The standard InChI is InChI=1S/C5H7F3S/c1-4(2-9-3-4)5(6,7)8/h2-3H2,1H3. The van der Waals surface area contributed by atoms with E-state index in [9.17, 15) is 13.2 Å². The zero-order valence-electron chi connectivity index (χ0n) is 4.96. The van der Waals surface area contributed by atoms with Crippen LogP contribution in [0.3, 0.4) is 0 Å². The first kappa shape index (κ1) is 7.25. The molecule has 1 aliphatic heterocycles. The molecule has 54 valence electrons. The molecule has 0 aromatic rings. The van der Waals surface area contributed by atoms with E-state index in [4.69, 9.17) is 0 Å². The highest BCUT2D eigenvalue weighted by Crippen LogP contribution is 2.49. The molecule has 0 amide bonds. The molecule has 0 atom stereocenters. The Hall–Kier alpha value is 0.140. The molecule has 0 spiro atoms. The van der Waals surface area contributed by atoms with Crippen molar-refractivity contribution >= 4 is 11.8 Å². The lowest BCUT2D eigenvalue weighted by atomic mass is 9.94. The van der Waals surface area contributed by atoms with Crippen LogP contribution < -0.4 is 0 Å². The summed E-state index contributed by atoms with van der Waals surface area (Å²) in [6.07, 6.45) is -3.99. The summed E-state index contributed by atoms with van der Waals surface area (Å²) in [6.45, 7) is 1.27. The van der Waals surface area contributed by atoms with Gasteiger partial charge in [-0.25, -0.2) is 0 Å². The maximum Gasteiger partial charge on any atom is 0.395 e. The lowest BCUT2D eigenvalue weighted by Crippen LogP contribution is -2.45. The van der Waals surface area contributed by atoms with E-state index >= 15 is 0 Å². The normalized spacial score (nSPS) is 25.3. The predicted octanol–water partition coefficient (Wildman–Crippen LogP) is 2.30. The first-order valence-electron chi connectivity index (χ1n) is 2.60. The smallest absolute Gasteiger partial charge is 0.170 e. The highest BCUT2D eigenvalue weighted by molar-refractivity contribution is 8.00. The minimum atomic E-state index is -3.99. The lowest BCUT2D eigenvalue weighted by molar-refractivity contribution is -0.204. The monoisotopic (exact) mass is 156 g/mol. The van der Waals surface area contributed by atoms with Crippen molar-refractivity contribution in [3.05, 3.63) is 0 Å². The molecule has 0 aromatic carbocycles. The maximum absolute atomic E-state index is 11.9. The molecule has 0 saturated carbocycles. The number of hydrogen-bond donors (Lipinski definition) is 0. The molecule has 1 heterocycles. The van der Waals surface area contributed by atoms with Gasteiger partial charge in [-0.05, 0) is 6.92 Å². The third kappa shape index (κ3) is 1.04. The van der Waals surface area contributed by atoms with Crippen molar-refractivity contribution in [1.82, 2.24) is 0 Å². The first-order valence-corrected chi connectivity index (χ1v) is 3.76. The van der Waals surface area contributed by atoms with E-state index in [1.807, 2.05) is 0 Å². The molecule has 0 radical (unpaired) electrons. The molecule has 1 saturated heterocycles. The van der Waals surface area contributed by atoms with E-state index in [0.717, 1.165) is 0 Å². The summed E-state index contributed by atoms with van der Waals surface area (Å²) in [5.41, 5.74) is -1.38. The second-order valence-electron chi connectivity index (χ2n) is 2.55. The van der Waals surface area contributed by atoms with E-state index in [1.165, 1.54) is 18.7 Å². The molecule has 1 fully saturated rings. The van der Waals surface area contributed by atoms with Crippen LogP contribution in [0.15, 0.2) is 0 Å². The van der Waals surface area contributed by atoms with Gasteiger partial charge in [0.25, 0.3) is 0 Å². The van der Waals surface area contributed by atoms with Crippen molar-refractivity contribution < 1.29 is 13.2 Å². The Balaban J connectivity index is 2.59. The van der Waals surface area contributed by atoms with Gasteiger partial charge in [-0.1, -0.05) is 0 Å². The van der Waals surface area contributed by atoms with Gasteiger partial charge in [0.05, 0.1) is 5.41 Å². The average Bonchev–Trinajstić information content (AvgIpc) is 1.57. The molecule has 0 nitrogen and oxygen atoms in total. The van der Waals surface area contributed by atoms with Gasteiger partial charge in [0.2, 0.25) is 0 Å². The van der Waals surface area contributed by atoms with Gasteiger partial charge in [0.1, 0.15) is 0 Å². The van der Waals surface area contributed by atoms with Gasteiger partial charge in [0.15, 0.2) is 0 Å². The molecular formula is C5H7F3S. The number of alkyl halides is 3. The van der Waals surface area contributed by atoms with Gasteiger partial charge in [-0.2, -0.15) is 24.9 Å². The van der Waals surface area contributed by atoms with Crippen molar-refractivity contribution in [3.63, 3.8) is 0 Å². The van der Waals surface area contributed by atoms with Crippen LogP contribution in [-0.4, -0.2) is 17.7 Å². The summed E-state index contributed by atoms with van der Waals surface area (Å²) in [4.78, 5) is 0. The topological polar surface area (TPSA) is 0 Å². The lowest BCUT2D eigenvalue weighted by Gasteiger charge is -2.38. The summed E-state index contributed by atoms with van der Waals surface area (Å²) in [5, 5.41) is 0. The molecule has 1 aliphatic rings. The summed E-state index contributed by atoms with van der Waals surface area (Å²) in [7, 11) is 0. The van der Waals surface area contributed by atoms with Crippen LogP contribution in [0.5, 0.6) is 0 Å². The molecule has 9 heavy (non-hydrogen) atoms. The third-order valence-electron chi connectivity index (χ3n) is 1.53. The van der Waals surface area contributed by atoms with Crippen LogP contribution in [-0.2, 0) is 0 Å². The highest BCUT2D eigenvalue weighted by Gasteiger charge is 2.55. The fourth-order valence-corrected chi connectivity index (χ4v) is 1.72. The van der Waals surface area contributed by atoms with Gasteiger partial charge in [-0.3, -0.25) is 0 Å². The molecular weight excluding hydrogens is 149 g/mol. The van der Waals surface area contributed by atoms with Crippen molar-refractivity contribution in [2.24, 2.45) is 5.41 Å². The SMILES string of the molecule is CC1(C(F)(F)F)CSC1. The fourth-order valence-electron chi connectivity index (χ4n) is 0.572. The Morgan fingerprint density at radius 3 is 1.78 bits per heavy atom. The molecule has 0 N–H and O–H groups in total. The summed E-state index contributed by atoms with van der Waals surface area (Å²) in [6, 6.07) is 0. The van der Waals surface area contributed by atoms with E-state index in [1.54, 1.807) is 0 Å². The minimum Gasteiger partial charge on any atom is -0.170 e. The number of halogens is 3. The van der Waals surface area contributed by atoms with Crippen LogP contribution in [0.2, 0.25) is 0 Å². The number of rotatable bonds is 0. The highest BCUT2D eigenvalue weighted by atomic mass is 32.2. The predicted molar refractivity (Wildman–Crippen MR) is 31.5 cm³/mol. The quantitative estimate of drug-likeness (QED) is 0.518. The van der Waals surface area contributed by atoms with Crippen molar-refractivity contribution in [2.45, 2.75) is 13.1 Å². The first-order chi connectivity index (χ1) is 3.96. The Labute approximate surface area is 55.8 Å². The van der Waals surface area contributed by atoms with Crippen LogP contribution in [0.25, 0.3) is 0 Å². The van der Waals surface area contributed by atoms with E-state index in [0.29, 0.717) is 0 Å². The zero-order chi connectivity index (χ0) is 7.12. The van der Waals surface area contributed by atoms with Crippen molar-refractivity contribution in [3.8, 4) is 0 Å². The van der Waals surface area contributed by atoms with Gasteiger partial charge in [-0.15, -0.1) is 0 Å². The maximum atomic E-state index is 11.9.